The maximum Gasteiger partial charge on any atom is 0.419 e. The van der Waals surface area contributed by atoms with Gasteiger partial charge in [0.05, 0.1) is 22.4 Å². The van der Waals surface area contributed by atoms with Gasteiger partial charge < -0.3 is 15.0 Å². The quantitative estimate of drug-likeness (QED) is 0.533. The number of carbonyl (C=O) groups is 2. The van der Waals surface area contributed by atoms with Crippen LogP contribution in [0.25, 0.3) is 16.5 Å². The fraction of sp³-hybridized carbons (Fsp3) is 0.217. The monoisotopic (exact) mass is 446 g/mol. The number of para-hydroxylation sites is 1. The molecule has 1 aliphatic rings. The average molecular weight is 446 g/mol. The van der Waals surface area contributed by atoms with E-state index in [1.54, 1.807) is 32.0 Å². The second-order valence-electron chi connectivity index (χ2n) is 8.25. The molecule has 0 radical (unpaired) electrons. The summed E-state index contributed by atoms with van der Waals surface area (Å²) in [5.41, 5.74) is -1.74. The van der Waals surface area contributed by atoms with Crippen molar-refractivity contribution in [2.75, 3.05) is 6.54 Å². The number of hydrogen-bond acceptors (Lipinski definition) is 2. The van der Waals surface area contributed by atoms with Crippen LogP contribution in [-0.2, 0) is 16.4 Å². The van der Waals surface area contributed by atoms with Crippen molar-refractivity contribution in [3.63, 3.8) is 0 Å². The van der Waals surface area contributed by atoms with Crippen LogP contribution in [0.1, 0.15) is 41.0 Å². The molecule has 166 valence electrons. The molecule has 1 amide bonds. The number of carboxylic acid groups (broad SMARTS) is 1. The minimum atomic E-state index is -4.98. The lowest BCUT2D eigenvalue weighted by Crippen LogP contribution is -2.37. The number of H-pyrrole nitrogens is 1. The van der Waals surface area contributed by atoms with Crippen molar-refractivity contribution < 1.29 is 32.3 Å². The molecule has 3 aromatic rings. The molecule has 0 atom stereocenters. The Labute approximate surface area is 180 Å². The van der Waals surface area contributed by atoms with E-state index in [0.717, 1.165) is 28.6 Å². The standard InChI is InChI=1S/C23H18F4N2O3/c1-22(2)11-29(20(30)13-7-5-8-15(18(13)24)23(25,26)27)10-14(21(31)32)19-17(22)12-6-3-4-9-16(12)28-19/h3-10,28H,11H2,1-2H3,(H,31,32). The summed E-state index contributed by atoms with van der Waals surface area (Å²) in [7, 11) is 0. The van der Waals surface area contributed by atoms with Crippen molar-refractivity contribution in [1.82, 2.24) is 9.88 Å². The molecule has 0 fully saturated rings. The third-order valence-corrected chi connectivity index (χ3v) is 5.53. The third kappa shape index (κ3) is 3.43. The van der Waals surface area contributed by atoms with Gasteiger partial charge in [0.1, 0.15) is 5.82 Å². The third-order valence-electron chi connectivity index (χ3n) is 5.53. The lowest BCUT2D eigenvalue weighted by atomic mass is 9.81. The number of hydrogen-bond donors (Lipinski definition) is 2. The normalized spacial score (nSPS) is 15.8. The fourth-order valence-corrected chi connectivity index (χ4v) is 4.18. The van der Waals surface area contributed by atoms with Crippen LogP contribution in [0.15, 0.2) is 48.7 Å². The highest BCUT2D eigenvalue weighted by Gasteiger charge is 2.39. The number of aromatic nitrogens is 1. The molecule has 4 rings (SSSR count). The molecule has 0 saturated carbocycles. The van der Waals surface area contributed by atoms with Crippen LogP contribution in [0.3, 0.4) is 0 Å². The van der Waals surface area contributed by atoms with Crippen LogP contribution < -0.4 is 0 Å². The molecule has 0 spiro atoms. The SMILES string of the molecule is CC1(C)CN(C(=O)c2cccc(C(F)(F)F)c2F)C=C(C(=O)O)c2[nH]c3ccccc3c21. The van der Waals surface area contributed by atoms with E-state index in [1.165, 1.54) is 0 Å². The molecular formula is C23H18F4N2O3. The van der Waals surface area contributed by atoms with E-state index in [1.807, 2.05) is 6.07 Å². The molecule has 0 bridgehead atoms. The van der Waals surface area contributed by atoms with E-state index in [2.05, 4.69) is 4.98 Å². The molecule has 5 nitrogen and oxygen atoms in total. The molecular weight excluding hydrogens is 428 g/mol. The second-order valence-corrected chi connectivity index (χ2v) is 8.25. The van der Waals surface area contributed by atoms with Crippen LogP contribution in [0.2, 0.25) is 0 Å². The number of carboxylic acids is 1. The first kappa shape index (κ1) is 21.6. The highest BCUT2D eigenvalue weighted by molar-refractivity contribution is 6.17. The van der Waals surface area contributed by atoms with Gasteiger partial charge in [-0.05, 0) is 23.8 Å². The van der Waals surface area contributed by atoms with Crippen LogP contribution >= 0.6 is 0 Å². The molecule has 1 aromatic heterocycles. The smallest absolute Gasteiger partial charge is 0.419 e. The summed E-state index contributed by atoms with van der Waals surface area (Å²) in [5, 5.41) is 10.6. The van der Waals surface area contributed by atoms with Crippen molar-refractivity contribution in [1.29, 1.82) is 0 Å². The Balaban J connectivity index is 1.88. The minimum Gasteiger partial charge on any atom is -0.478 e. The zero-order chi connectivity index (χ0) is 23.4. The van der Waals surface area contributed by atoms with E-state index in [-0.39, 0.29) is 12.1 Å². The number of carbonyl (C=O) groups excluding carboxylic acids is 1. The summed E-state index contributed by atoms with van der Waals surface area (Å²) in [5.74, 6) is -4.09. The number of aromatic amines is 1. The molecule has 32 heavy (non-hydrogen) atoms. The number of fused-ring (bicyclic) bond motifs is 3. The molecule has 0 aliphatic carbocycles. The Bertz CT molecular complexity index is 1290. The summed E-state index contributed by atoms with van der Waals surface area (Å²) < 4.78 is 54.0. The van der Waals surface area contributed by atoms with Gasteiger partial charge in [-0.3, -0.25) is 4.79 Å². The summed E-state index contributed by atoms with van der Waals surface area (Å²) in [6.45, 7) is 3.49. The van der Waals surface area contributed by atoms with Crippen molar-refractivity contribution in [2.45, 2.75) is 25.4 Å². The van der Waals surface area contributed by atoms with Gasteiger partial charge in [-0.2, -0.15) is 13.2 Å². The van der Waals surface area contributed by atoms with Crippen LogP contribution in [0.4, 0.5) is 17.6 Å². The van der Waals surface area contributed by atoms with Gasteiger partial charge in [-0.1, -0.05) is 38.1 Å². The number of nitrogens with zero attached hydrogens (tertiary/aromatic N) is 1. The Hall–Kier alpha value is -3.62. The minimum absolute atomic E-state index is 0.0762. The van der Waals surface area contributed by atoms with Gasteiger partial charge in [-0.15, -0.1) is 0 Å². The van der Waals surface area contributed by atoms with E-state index < -0.39 is 40.4 Å². The van der Waals surface area contributed by atoms with E-state index in [0.29, 0.717) is 22.8 Å². The maximum absolute atomic E-state index is 14.6. The van der Waals surface area contributed by atoms with E-state index in [9.17, 15) is 32.3 Å². The predicted molar refractivity (Wildman–Crippen MR) is 109 cm³/mol. The fourth-order valence-electron chi connectivity index (χ4n) is 4.18. The number of halogens is 4. The number of aliphatic carboxylic acids is 1. The molecule has 0 unspecified atom stereocenters. The van der Waals surface area contributed by atoms with Gasteiger partial charge in [0.15, 0.2) is 0 Å². The number of nitrogens with one attached hydrogen (secondary N) is 1. The number of benzene rings is 2. The lowest BCUT2D eigenvalue weighted by Gasteiger charge is -2.30. The first-order chi connectivity index (χ1) is 14.9. The highest BCUT2D eigenvalue weighted by atomic mass is 19.4. The predicted octanol–water partition coefficient (Wildman–Crippen LogP) is 5.18. The van der Waals surface area contributed by atoms with Crippen molar-refractivity contribution in [3.8, 4) is 0 Å². The molecule has 1 aliphatic heterocycles. The Morgan fingerprint density at radius 3 is 2.44 bits per heavy atom. The van der Waals surface area contributed by atoms with Gasteiger partial charge >= 0.3 is 12.1 Å². The van der Waals surface area contributed by atoms with E-state index >= 15 is 0 Å². The zero-order valence-corrected chi connectivity index (χ0v) is 17.0. The molecule has 2 N–H and O–H groups in total. The topological polar surface area (TPSA) is 73.4 Å². The zero-order valence-electron chi connectivity index (χ0n) is 17.0. The number of alkyl halides is 3. The first-order valence-electron chi connectivity index (χ1n) is 9.65. The molecule has 2 aromatic carbocycles. The Morgan fingerprint density at radius 1 is 1.09 bits per heavy atom. The van der Waals surface area contributed by atoms with Crippen LogP contribution in [-0.4, -0.2) is 33.4 Å². The average Bonchev–Trinajstić information content (AvgIpc) is 3.04. The van der Waals surface area contributed by atoms with Gasteiger partial charge in [-0.25, -0.2) is 9.18 Å². The summed E-state index contributed by atoms with van der Waals surface area (Å²) in [4.78, 5) is 29.2. The van der Waals surface area contributed by atoms with Gasteiger partial charge in [0.25, 0.3) is 5.91 Å². The second kappa shape index (κ2) is 7.22. The highest BCUT2D eigenvalue weighted by Crippen LogP contribution is 2.40. The molecule has 9 heteroatoms. The summed E-state index contributed by atoms with van der Waals surface area (Å²) in [6, 6.07) is 9.64. The van der Waals surface area contributed by atoms with Gasteiger partial charge in [0.2, 0.25) is 0 Å². The van der Waals surface area contributed by atoms with Crippen molar-refractivity contribution in [2.24, 2.45) is 0 Å². The van der Waals surface area contributed by atoms with Crippen LogP contribution in [0.5, 0.6) is 0 Å². The number of amides is 1. The lowest BCUT2D eigenvalue weighted by molar-refractivity contribution is -0.140. The van der Waals surface area contributed by atoms with E-state index in [4.69, 9.17) is 0 Å². The van der Waals surface area contributed by atoms with Crippen molar-refractivity contribution in [3.05, 3.63) is 76.9 Å². The molecule has 0 saturated heterocycles. The summed E-state index contributed by atoms with van der Waals surface area (Å²) in [6.07, 6.45) is -3.93. The van der Waals surface area contributed by atoms with Crippen LogP contribution in [0, 0.1) is 5.82 Å². The maximum atomic E-state index is 14.6. The summed E-state index contributed by atoms with van der Waals surface area (Å²) >= 11 is 0. The number of rotatable bonds is 2. The Kier molecular flexibility index (Phi) is 4.87. The first-order valence-corrected chi connectivity index (χ1v) is 9.65. The van der Waals surface area contributed by atoms with Crippen molar-refractivity contribution >= 4 is 28.4 Å². The Morgan fingerprint density at radius 2 is 1.78 bits per heavy atom. The molecule has 2 heterocycles. The largest absolute Gasteiger partial charge is 0.478 e. The van der Waals surface area contributed by atoms with Gasteiger partial charge in [0, 0.05) is 29.1 Å².